The molecule has 0 spiro atoms. The lowest BCUT2D eigenvalue weighted by molar-refractivity contribution is -0.113. The Morgan fingerprint density at radius 1 is 1.35 bits per heavy atom. The van der Waals surface area contributed by atoms with Crippen molar-refractivity contribution in [2.24, 2.45) is 7.05 Å². The summed E-state index contributed by atoms with van der Waals surface area (Å²) in [6.45, 7) is 4.02. The molecule has 0 atom stereocenters. The van der Waals surface area contributed by atoms with E-state index < -0.39 is 0 Å². The van der Waals surface area contributed by atoms with Crippen molar-refractivity contribution in [2.75, 3.05) is 4.90 Å². The maximum absolute atomic E-state index is 12.8. The first-order chi connectivity index (χ1) is 11.0. The van der Waals surface area contributed by atoms with Gasteiger partial charge in [-0.3, -0.25) is 14.4 Å². The summed E-state index contributed by atoms with van der Waals surface area (Å²) in [5.41, 5.74) is 4.12. The molecule has 0 saturated carbocycles. The van der Waals surface area contributed by atoms with Gasteiger partial charge in [-0.2, -0.15) is 5.10 Å². The highest BCUT2D eigenvalue weighted by Crippen LogP contribution is 2.26. The van der Waals surface area contributed by atoms with E-state index in [2.05, 4.69) is 17.3 Å². The maximum Gasteiger partial charge on any atom is 0.281 e. The van der Waals surface area contributed by atoms with Crippen LogP contribution in [0.4, 0.5) is 5.69 Å². The highest BCUT2D eigenvalue weighted by Gasteiger charge is 2.33. The van der Waals surface area contributed by atoms with E-state index in [0.717, 1.165) is 29.1 Å². The van der Waals surface area contributed by atoms with Crippen LogP contribution in [0.3, 0.4) is 0 Å². The van der Waals surface area contributed by atoms with Crippen LogP contribution in [0.2, 0.25) is 0 Å². The molecule has 118 valence electrons. The van der Waals surface area contributed by atoms with Crippen LogP contribution in [-0.2, 0) is 18.3 Å². The first-order valence-corrected chi connectivity index (χ1v) is 7.87. The minimum atomic E-state index is -0.154. The number of nitrogens with one attached hydrogen (secondary N) is 1. The molecule has 1 saturated heterocycles. The molecule has 0 aliphatic carbocycles. The van der Waals surface area contributed by atoms with E-state index in [0.29, 0.717) is 10.8 Å². The second kappa shape index (κ2) is 5.96. The van der Waals surface area contributed by atoms with Crippen LogP contribution in [0.5, 0.6) is 0 Å². The van der Waals surface area contributed by atoms with Crippen LogP contribution >= 0.6 is 12.2 Å². The zero-order valence-corrected chi connectivity index (χ0v) is 14.1. The highest BCUT2D eigenvalue weighted by molar-refractivity contribution is 7.80. The molecule has 23 heavy (non-hydrogen) atoms. The summed E-state index contributed by atoms with van der Waals surface area (Å²) in [6, 6.07) is 9.72. The quantitative estimate of drug-likeness (QED) is 0.696. The number of nitrogens with zero attached hydrogens (tertiary/aromatic N) is 3. The van der Waals surface area contributed by atoms with E-state index in [1.54, 1.807) is 15.7 Å². The Bertz CT molecular complexity index is 802. The van der Waals surface area contributed by atoms with Crippen LogP contribution in [0, 0.1) is 6.92 Å². The van der Waals surface area contributed by atoms with Gasteiger partial charge in [-0.1, -0.05) is 25.1 Å². The van der Waals surface area contributed by atoms with Gasteiger partial charge in [0.05, 0.1) is 11.4 Å². The zero-order chi connectivity index (χ0) is 16.6. The normalized spacial score (nSPS) is 16.3. The lowest BCUT2D eigenvalue weighted by atomic mass is 10.1. The lowest BCUT2D eigenvalue weighted by Gasteiger charge is -2.17. The average Bonchev–Trinajstić information content (AvgIpc) is 2.99. The third kappa shape index (κ3) is 2.77. The Labute approximate surface area is 140 Å². The second-order valence-electron chi connectivity index (χ2n) is 5.45. The van der Waals surface area contributed by atoms with Crippen molar-refractivity contribution in [1.29, 1.82) is 0 Å². The van der Waals surface area contributed by atoms with Gasteiger partial charge in [0.25, 0.3) is 5.91 Å². The van der Waals surface area contributed by atoms with E-state index in [4.69, 9.17) is 12.2 Å². The SMILES string of the molecule is CCc1ccccc1N1C(=O)/C(=C\c2cc(C)n(C)n2)NC1=S. The zero-order valence-electron chi connectivity index (χ0n) is 13.3. The Balaban J connectivity index is 1.97. The van der Waals surface area contributed by atoms with Gasteiger partial charge in [0.15, 0.2) is 5.11 Å². The molecular weight excluding hydrogens is 308 g/mol. The number of anilines is 1. The minimum Gasteiger partial charge on any atom is -0.327 e. The van der Waals surface area contributed by atoms with Crippen LogP contribution in [-0.4, -0.2) is 20.8 Å². The van der Waals surface area contributed by atoms with Crippen LogP contribution in [0.25, 0.3) is 6.08 Å². The maximum atomic E-state index is 12.8. The van der Waals surface area contributed by atoms with E-state index >= 15 is 0 Å². The van der Waals surface area contributed by atoms with Gasteiger partial charge in [0.2, 0.25) is 0 Å². The molecule has 3 rings (SSSR count). The summed E-state index contributed by atoms with van der Waals surface area (Å²) < 4.78 is 1.77. The molecule has 1 aromatic heterocycles. The second-order valence-corrected chi connectivity index (χ2v) is 5.83. The van der Waals surface area contributed by atoms with Gasteiger partial charge in [-0.05, 0) is 49.3 Å². The van der Waals surface area contributed by atoms with Crippen molar-refractivity contribution in [3.05, 3.63) is 53.0 Å². The Morgan fingerprint density at radius 3 is 2.74 bits per heavy atom. The molecule has 1 fully saturated rings. The fourth-order valence-corrected chi connectivity index (χ4v) is 2.88. The van der Waals surface area contributed by atoms with E-state index in [1.165, 1.54) is 0 Å². The molecule has 6 heteroatoms. The Morgan fingerprint density at radius 2 is 2.09 bits per heavy atom. The number of carbonyl (C=O) groups is 1. The standard InChI is InChI=1S/C17H18N4OS/c1-4-12-7-5-6-8-15(12)21-16(22)14(18-17(21)23)10-13-9-11(2)20(3)19-13/h5-10H,4H2,1-3H3,(H,18,23)/b14-10+. The van der Waals surface area contributed by atoms with Crippen LogP contribution in [0.1, 0.15) is 23.9 Å². The smallest absolute Gasteiger partial charge is 0.281 e. The van der Waals surface area contributed by atoms with Gasteiger partial charge in [0.1, 0.15) is 5.70 Å². The molecule has 1 amide bonds. The first-order valence-electron chi connectivity index (χ1n) is 7.47. The number of rotatable bonds is 3. The van der Waals surface area contributed by atoms with Crippen molar-refractivity contribution in [3.63, 3.8) is 0 Å². The van der Waals surface area contributed by atoms with Crippen LogP contribution in [0.15, 0.2) is 36.0 Å². The number of carbonyl (C=O) groups excluding carboxylic acids is 1. The molecule has 1 aliphatic heterocycles. The minimum absolute atomic E-state index is 0.154. The largest absolute Gasteiger partial charge is 0.327 e. The third-order valence-corrected chi connectivity index (χ3v) is 4.20. The van der Waals surface area contributed by atoms with Crippen molar-refractivity contribution in [1.82, 2.24) is 15.1 Å². The number of aryl methyl sites for hydroxylation is 3. The number of para-hydroxylation sites is 1. The predicted molar refractivity (Wildman–Crippen MR) is 95.0 cm³/mol. The molecule has 1 N–H and O–H groups in total. The number of benzene rings is 1. The number of hydrogen-bond donors (Lipinski definition) is 1. The van der Waals surface area contributed by atoms with Crippen LogP contribution < -0.4 is 10.2 Å². The third-order valence-electron chi connectivity index (χ3n) is 3.92. The number of thiocarbonyl (C=S) groups is 1. The topological polar surface area (TPSA) is 50.2 Å². The van der Waals surface area contributed by atoms with E-state index in [1.807, 2.05) is 44.3 Å². The molecular formula is C17H18N4OS. The molecule has 1 aromatic carbocycles. The van der Waals surface area contributed by atoms with Gasteiger partial charge < -0.3 is 5.32 Å². The first kappa shape index (κ1) is 15.4. The van der Waals surface area contributed by atoms with Gasteiger partial charge >= 0.3 is 0 Å². The Kier molecular flexibility index (Phi) is 4.00. The van der Waals surface area contributed by atoms with Crippen molar-refractivity contribution in [3.8, 4) is 0 Å². The highest BCUT2D eigenvalue weighted by atomic mass is 32.1. The summed E-state index contributed by atoms with van der Waals surface area (Å²) in [7, 11) is 1.87. The Hall–Kier alpha value is -2.47. The summed E-state index contributed by atoms with van der Waals surface area (Å²) in [6.07, 6.45) is 2.57. The molecule has 0 bridgehead atoms. The molecule has 5 nitrogen and oxygen atoms in total. The summed E-state index contributed by atoms with van der Waals surface area (Å²) >= 11 is 5.36. The van der Waals surface area contributed by atoms with Gasteiger partial charge in [-0.25, -0.2) is 0 Å². The molecule has 0 unspecified atom stereocenters. The van der Waals surface area contributed by atoms with E-state index in [9.17, 15) is 4.79 Å². The summed E-state index contributed by atoms with van der Waals surface area (Å²) in [5.74, 6) is -0.154. The fraction of sp³-hybridized carbons (Fsp3) is 0.235. The predicted octanol–water partition coefficient (Wildman–Crippen LogP) is 2.55. The van der Waals surface area contributed by atoms with Gasteiger partial charge in [-0.15, -0.1) is 0 Å². The summed E-state index contributed by atoms with van der Waals surface area (Å²) in [5, 5.41) is 7.75. The monoisotopic (exact) mass is 326 g/mol. The fourth-order valence-electron chi connectivity index (χ4n) is 2.59. The average molecular weight is 326 g/mol. The number of amides is 1. The molecule has 2 heterocycles. The molecule has 2 aromatic rings. The number of aromatic nitrogens is 2. The molecule has 0 radical (unpaired) electrons. The number of hydrogen-bond acceptors (Lipinski definition) is 3. The van der Waals surface area contributed by atoms with E-state index in [-0.39, 0.29) is 5.91 Å². The molecule has 1 aliphatic rings. The van der Waals surface area contributed by atoms with Crippen molar-refractivity contribution >= 4 is 35.0 Å². The van der Waals surface area contributed by atoms with Crippen molar-refractivity contribution in [2.45, 2.75) is 20.3 Å². The lowest BCUT2D eigenvalue weighted by Crippen LogP contribution is -2.31. The summed E-state index contributed by atoms with van der Waals surface area (Å²) in [4.78, 5) is 14.3. The van der Waals surface area contributed by atoms with Crippen molar-refractivity contribution < 1.29 is 4.79 Å². The van der Waals surface area contributed by atoms with Gasteiger partial charge in [0, 0.05) is 12.7 Å².